The summed E-state index contributed by atoms with van der Waals surface area (Å²) in [5.74, 6) is 0.0659. The van der Waals surface area contributed by atoms with Crippen LogP contribution in [0.2, 0.25) is 5.02 Å². The van der Waals surface area contributed by atoms with E-state index < -0.39 is 32.6 Å². The molecule has 0 aliphatic carbocycles. The second-order valence-electron chi connectivity index (χ2n) is 7.69. The lowest BCUT2D eigenvalue weighted by Gasteiger charge is -2.37. The molecule has 1 saturated heterocycles. The number of alkyl halides is 3. The van der Waals surface area contributed by atoms with Crippen LogP contribution in [-0.2, 0) is 27.4 Å². The van der Waals surface area contributed by atoms with Gasteiger partial charge in [-0.2, -0.15) is 17.5 Å². The number of rotatable bonds is 3. The van der Waals surface area contributed by atoms with Crippen LogP contribution >= 0.6 is 11.6 Å². The van der Waals surface area contributed by atoms with Crippen molar-refractivity contribution in [2.75, 3.05) is 32.8 Å². The Bertz CT molecular complexity index is 1130. The summed E-state index contributed by atoms with van der Waals surface area (Å²) in [4.78, 5) is 13.7. The summed E-state index contributed by atoms with van der Waals surface area (Å²) in [5, 5.41) is 0.540. The summed E-state index contributed by atoms with van der Waals surface area (Å²) in [5.41, 5.74) is -0.373. The van der Waals surface area contributed by atoms with E-state index in [0.29, 0.717) is 17.2 Å². The van der Waals surface area contributed by atoms with Crippen molar-refractivity contribution in [2.45, 2.75) is 17.5 Å². The second-order valence-corrected chi connectivity index (χ2v) is 10.0. The van der Waals surface area contributed by atoms with Crippen LogP contribution in [0.1, 0.15) is 11.1 Å². The highest BCUT2D eigenvalue weighted by Crippen LogP contribution is 2.35. The third-order valence-electron chi connectivity index (χ3n) is 5.64. The first-order valence-corrected chi connectivity index (χ1v) is 11.8. The number of carbonyl (C=O) groups excluding carboxylic acids is 1. The van der Waals surface area contributed by atoms with Gasteiger partial charge in [-0.05, 0) is 42.3 Å². The van der Waals surface area contributed by atoms with Crippen LogP contribution in [0.5, 0.6) is 5.75 Å². The summed E-state index contributed by atoms with van der Waals surface area (Å²) in [7, 11) is -4.36. The zero-order valence-corrected chi connectivity index (χ0v) is 18.4. The van der Waals surface area contributed by atoms with E-state index in [1.807, 2.05) is 0 Å². The van der Waals surface area contributed by atoms with Gasteiger partial charge < -0.3 is 9.64 Å². The number of ether oxygens (including phenoxy) is 1. The molecule has 0 spiro atoms. The zero-order chi connectivity index (χ0) is 23.1. The Morgan fingerprint density at radius 1 is 1.06 bits per heavy atom. The predicted octanol–water partition coefficient (Wildman–Crippen LogP) is 3.44. The number of nitrogens with zero attached hydrogens (tertiary/aromatic N) is 2. The van der Waals surface area contributed by atoms with Gasteiger partial charge in [0.05, 0.1) is 16.4 Å². The Kier molecular flexibility index (Phi) is 6.12. The van der Waals surface area contributed by atoms with E-state index in [1.165, 1.54) is 11.0 Å². The van der Waals surface area contributed by atoms with Gasteiger partial charge in [0.15, 0.2) is 0 Å². The maximum Gasteiger partial charge on any atom is 0.417 e. The Morgan fingerprint density at radius 3 is 2.44 bits per heavy atom. The molecule has 2 aromatic rings. The minimum Gasteiger partial charge on any atom is -0.492 e. The van der Waals surface area contributed by atoms with E-state index >= 15 is 0 Å². The minimum absolute atomic E-state index is 0.0870. The van der Waals surface area contributed by atoms with Gasteiger partial charge in [0.25, 0.3) is 0 Å². The highest BCUT2D eigenvalue weighted by Gasteiger charge is 2.40. The lowest BCUT2D eigenvalue weighted by atomic mass is 9.95. The number of fused-ring (bicyclic) bond motifs is 1. The van der Waals surface area contributed by atoms with Crippen LogP contribution in [0.15, 0.2) is 47.4 Å². The summed E-state index contributed by atoms with van der Waals surface area (Å²) < 4.78 is 72.3. The molecule has 0 aromatic heterocycles. The largest absolute Gasteiger partial charge is 0.492 e. The van der Waals surface area contributed by atoms with Gasteiger partial charge in [0.1, 0.15) is 12.4 Å². The third-order valence-corrected chi connectivity index (χ3v) is 7.83. The van der Waals surface area contributed by atoms with Gasteiger partial charge in [0, 0.05) is 31.2 Å². The summed E-state index contributed by atoms with van der Waals surface area (Å²) in [6.45, 7) is 0.202. The van der Waals surface area contributed by atoms with Crippen LogP contribution in [0.3, 0.4) is 0 Å². The fourth-order valence-corrected chi connectivity index (χ4v) is 5.82. The molecule has 11 heteroatoms. The lowest BCUT2D eigenvalue weighted by Crippen LogP contribution is -2.53. The standard InChI is InChI=1S/C21H20ClF3N2O4S/c22-16-5-6-18-14(12-16)11-15(13-31-18)20(28)26-7-9-27(10-8-26)32(29,30)19-4-2-1-3-17(19)21(23,24)25/h1-6,12,15H,7-11,13H2/t15-/m1/s1. The van der Waals surface area contributed by atoms with Crippen molar-refractivity contribution >= 4 is 27.5 Å². The summed E-state index contributed by atoms with van der Waals surface area (Å²) in [6, 6.07) is 9.32. The second kappa shape index (κ2) is 8.57. The quantitative estimate of drug-likeness (QED) is 0.664. The van der Waals surface area contributed by atoms with Crippen molar-refractivity contribution in [2.24, 2.45) is 5.92 Å². The van der Waals surface area contributed by atoms with E-state index in [4.69, 9.17) is 16.3 Å². The van der Waals surface area contributed by atoms with Crippen LogP contribution in [-0.4, -0.2) is 56.3 Å². The highest BCUT2D eigenvalue weighted by atomic mass is 35.5. The molecule has 0 unspecified atom stereocenters. The molecule has 4 rings (SSSR count). The van der Waals surface area contributed by atoms with Crippen molar-refractivity contribution in [3.05, 3.63) is 58.6 Å². The van der Waals surface area contributed by atoms with Crippen molar-refractivity contribution in [1.82, 2.24) is 9.21 Å². The first-order valence-electron chi connectivity index (χ1n) is 9.94. The molecule has 1 amide bonds. The first kappa shape index (κ1) is 22.9. The summed E-state index contributed by atoms with van der Waals surface area (Å²) >= 11 is 6.02. The molecule has 6 nitrogen and oxygen atoms in total. The fraction of sp³-hybridized carbons (Fsp3) is 0.381. The average molecular weight is 489 g/mol. The van der Waals surface area contributed by atoms with Crippen LogP contribution in [0.25, 0.3) is 0 Å². The molecular formula is C21H20ClF3N2O4S. The zero-order valence-electron chi connectivity index (χ0n) is 16.8. The van der Waals surface area contributed by atoms with Gasteiger partial charge in [-0.25, -0.2) is 8.42 Å². The SMILES string of the molecule is O=C([C@H]1COc2ccc(Cl)cc2C1)N1CCN(S(=O)(=O)c2ccccc2C(F)(F)F)CC1. The molecule has 0 N–H and O–H groups in total. The highest BCUT2D eigenvalue weighted by molar-refractivity contribution is 7.89. The van der Waals surface area contributed by atoms with Gasteiger partial charge in [0.2, 0.25) is 15.9 Å². The number of hydrogen-bond donors (Lipinski definition) is 0. The number of piperazine rings is 1. The predicted molar refractivity (Wildman–Crippen MR) is 111 cm³/mol. The first-order chi connectivity index (χ1) is 15.1. The molecule has 0 saturated carbocycles. The molecule has 1 atom stereocenters. The maximum atomic E-state index is 13.3. The van der Waals surface area contributed by atoms with Crippen LogP contribution < -0.4 is 4.74 Å². The van der Waals surface area contributed by atoms with Gasteiger partial charge in [-0.15, -0.1) is 0 Å². The van der Waals surface area contributed by atoms with Crippen molar-refractivity contribution in [1.29, 1.82) is 0 Å². The molecule has 0 radical (unpaired) electrons. The van der Waals surface area contributed by atoms with Crippen molar-refractivity contribution < 1.29 is 31.1 Å². The molecular weight excluding hydrogens is 469 g/mol. The Morgan fingerprint density at radius 2 is 1.75 bits per heavy atom. The van der Waals surface area contributed by atoms with Crippen molar-refractivity contribution in [3.63, 3.8) is 0 Å². The maximum absolute atomic E-state index is 13.3. The normalized spacial score (nSPS) is 19.9. The smallest absolute Gasteiger partial charge is 0.417 e. The van der Waals surface area contributed by atoms with Gasteiger partial charge in [-0.1, -0.05) is 23.7 Å². The van der Waals surface area contributed by atoms with E-state index in [-0.39, 0.29) is 38.7 Å². The molecule has 172 valence electrons. The van der Waals surface area contributed by atoms with Crippen LogP contribution in [0, 0.1) is 5.92 Å². The van der Waals surface area contributed by atoms with E-state index in [9.17, 15) is 26.4 Å². The van der Waals surface area contributed by atoms with Gasteiger partial charge >= 0.3 is 6.18 Å². The number of hydrogen-bond acceptors (Lipinski definition) is 4. The number of carbonyl (C=O) groups is 1. The van der Waals surface area contributed by atoms with E-state index in [1.54, 1.807) is 18.2 Å². The molecule has 2 aliphatic rings. The number of benzene rings is 2. The Balaban J connectivity index is 1.44. The Labute approximate surface area is 188 Å². The average Bonchev–Trinajstić information content (AvgIpc) is 2.77. The van der Waals surface area contributed by atoms with E-state index in [2.05, 4.69) is 0 Å². The Hall–Kier alpha value is -2.30. The van der Waals surface area contributed by atoms with E-state index in [0.717, 1.165) is 28.1 Å². The molecule has 2 aliphatic heterocycles. The molecule has 1 fully saturated rings. The topological polar surface area (TPSA) is 66.9 Å². The third kappa shape index (κ3) is 4.44. The van der Waals surface area contributed by atoms with Gasteiger partial charge in [-0.3, -0.25) is 4.79 Å². The minimum atomic E-state index is -4.79. The molecule has 2 aromatic carbocycles. The molecule has 32 heavy (non-hydrogen) atoms. The fourth-order valence-electron chi connectivity index (χ4n) is 3.99. The number of sulfonamides is 1. The lowest BCUT2D eigenvalue weighted by molar-refractivity contribution is -0.140. The number of halogens is 4. The summed E-state index contributed by atoms with van der Waals surface area (Å²) in [6.07, 6.45) is -4.34. The van der Waals surface area contributed by atoms with Crippen molar-refractivity contribution in [3.8, 4) is 5.75 Å². The number of amides is 1. The monoisotopic (exact) mass is 488 g/mol. The molecule has 0 bridgehead atoms. The van der Waals surface area contributed by atoms with Crippen LogP contribution in [0.4, 0.5) is 13.2 Å². The molecule has 2 heterocycles.